The molecule has 2 heterocycles. The predicted molar refractivity (Wildman–Crippen MR) is 94.3 cm³/mol. The summed E-state index contributed by atoms with van der Waals surface area (Å²) in [6, 6.07) is 6.94. The van der Waals surface area contributed by atoms with E-state index in [4.69, 9.17) is 0 Å². The lowest BCUT2D eigenvalue weighted by Crippen LogP contribution is -1.88. The molecule has 0 bridgehead atoms. The first-order valence-corrected chi connectivity index (χ1v) is 9.52. The van der Waals surface area contributed by atoms with E-state index in [0.29, 0.717) is 0 Å². The van der Waals surface area contributed by atoms with Gasteiger partial charge < -0.3 is 0 Å². The maximum Gasteiger partial charge on any atom is 0.0381 e. The van der Waals surface area contributed by atoms with Gasteiger partial charge in [-0.05, 0) is 58.1 Å². The molecule has 0 saturated carbocycles. The van der Waals surface area contributed by atoms with Gasteiger partial charge in [-0.2, -0.15) is 0 Å². The second-order valence-electron chi connectivity index (χ2n) is 5.54. The highest BCUT2D eigenvalue weighted by molar-refractivity contribution is 7.19. The van der Waals surface area contributed by atoms with Gasteiger partial charge in [0.25, 0.3) is 0 Å². The molecule has 0 spiro atoms. The minimum Gasteiger partial charge on any atom is -0.144 e. The van der Waals surface area contributed by atoms with Gasteiger partial charge in [-0.3, -0.25) is 0 Å². The van der Waals surface area contributed by atoms with Gasteiger partial charge in [0.2, 0.25) is 0 Å². The Labute approximate surface area is 129 Å². The fraction of sp³-hybridized carbons (Fsp3) is 0.444. The smallest absolute Gasteiger partial charge is 0.0381 e. The molecule has 2 heteroatoms. The first-order chi connectivity index (χ1) is 9.90. The van der Waals surface area contributed by atoms with Gasteiger partial charge in [-0.15, -0.1) is 22.7 Å². The topological polar surface area (TPSA) is 0 Å². The van der Waals surface area contributed by atoms with Gasteiger partial charge in [0.1, 0.15) is 0 Å². The molecule has 20 heavy (non-hydrogen) atoms. The summed E-state index contributed by atoms with van der Waals surface area (Å²) in [5.41, 5.74) is 1.60. The minimum absolute atomic E-state index is 1.25. The van der Waals surface area contributed by atoms with E-state index in [0.717, 1.165) is 0 Å². The van der Waals surface area contributed by atoms with Gasteiger partial charge in [-0.25, -0.2) is 0 Å². The Morgan fingerprint density at radius 2 is 1.70 bits per heavy atom. The molecule has 3 aromatic rings. The van der Waals surface area contributed by atoms with E-state index in [9.17, 15) is 0 Å². The van der Waals surface area contributed by atoms with Crippen LogP contribution in [0.3, 0.4) is 0 Å². The van der Waals surface area contributed by atoms with Gasteiger partial charge in [0, 0.05) is 9.40 Å². The van der Waals surface area contributed by atoms with E-state index in [1.807, 2.05) is 22.7 Å². The van der Waals surface area contributed by atoms with Crippen molar-refractivity contribution in [1.29, 1.82) is 0 Å². The zero-order valence-corrected chi connectivity index (χ0v) is 13.8. The second-order valence-corrected chi connectivity index (χ2v) is 7.41. The summed E-state index contributed by atoms with van der Waals surface area (Å²) in [6.45, 7) is 2.28. The molecule has 1 aromatic carbocycles. The van der Waals surface area contributed by atoms with Crippen LogP contribution in [0.5, 0.6) is 0 Å². The van der Waals surface area contributed by atoms with Crippen molar-refractivity contribution < 1.29 is 0 Å². The Morgan fingerprint density at radius 3 is 2.60 bits per heavy atom. The highest BCUT2D eigenvalue weighted by Gasteiger charge is 2.09. The summed E-state index contributed by atoms with van der Waals surface area (Å²) in [7, 11) is 0. The molecule has 0 atom stereocenters. The maximum atomic E-state index is 2.36. The van der Waals surface area contributed by atoms with Crippen molar-refractivity contribution in [3.05, 3.63) is 34.5 Å². The molecule has 106 valence electrons. The molecule has 0 aliphatic heterocycles. The molecule has 2 aromatic heterocycles. The van der Waals surface area contributed by atoms with Crippen LogP contribution in [0.25, 0.3) is 20.2 Å². The lowest BCUT2D eigenvalue weighted by molar-refractivity contribution is 0.609. The molecular weight excluding hydrogens is 280 g/mol. The molecule has 0 saturated heterocycles. The predicted octanol–water partition coefficient (Wildman–Crippen LogP) is 7.02. The van der Waals surface area contributed by atoms with Crippen molar-refractivity contribution in [2.75, 3.05) is 0 Å². The standard InChI is InChI=1S/C18H22S2/c1-2-3-4-5-6-7-8-16-15-10-12-19-17(15)13-14-9-11-20-18(14)16/h9-13H,2-8H2,1H3. The average Bonchev–Trinajstić information content (AvgIpc) is 3.09. The molecule has 0 unspecified atom stereocenters. The monoisotopic (exact) mass is 302 g/mol. The molecule has 0 aliphatic carbocycles. The summed E-state index contributed by atoms with van der Waals surface area (Å²) in [4.78, 5) is 0. The van der Waals surface area contributed by atoms with Crippen LogP contribution in [0.15, 0.2) is 29.0 Å². The Kier molecular flexibility index (Phi) is 4.74. The molecule has 3 rings (SSSR count). The third-order valence-corrected chi connectivity index (χ3v) is 5.91. The third kappa shape index (κ3) is 2.91. The van der Waals surface area contributed by atoms with Crippen LogP contribution in [-0.2, 0) is 6.42 Å². The van der Waals surface area contributed by atoms with Crippen LogP contribution in [-0.4, -0.2) is 0 Å². The Hall–Kier alpha value is -0.860. The summed E-state index contributed by atoms with van der Waals surface area (Å²) >= 11 is 3.78. The quantitative estimate of drug-likeness (QED) is 0.411. The van der Waals surface area contributed by atoms with Gasteiger partial charge >= 0.3 is 0 Å². The summed E-state index contributed by atoms with van der Waals surface area (Å²) in [6.07, 6.45) is 9.52. The van der Waals surface area contributed by atoms with Gasteiger partial charge in [0.15, 0.2) is 0 Å². The maximum absolute atomic E-state index is 2.36. The van der Waals surface area contributed by atoms with Crippen LogP contribution in [0.4, 0.5) is 0 Å². The highest BCUT2D eigenvalue weighted by Crippen LogP contribution is 2.35. The van der Waals surface area contributed by atoms with Crippen LogP contribution < -0.4 is 0 Å². The third-order valence-electron chi connectivity index (χ3n) is 4.06. The lowest BCUT2D eigenvalue weighted by Gasteiger charge is -2.06. The second kappa shape index (κ2) is 6.73. The van der Waals surface area contributed by atoms with Crippen molar-refractivity contribution in [1.82, 2.24) is 0 Å². The van der Waals surface area contributed by atoms with Crippen molar-refractivity contribution in [2.24, 2.45) is 0 Å². The van der Waals surface area contributed by atoms with Gasteiger partial charge in [-0.1, -0.05) is 39.0 Å². The number of hydrogen-bond acceptors (Lipinski definition) is 2. The first kappa shape index (κ1) is 14.1. The van der Waals surface area contributed by atoms with Crippen molar-refractivity contribution in [3.63, 3.8) is 0 Å². The van der Waals surface area contributed by atoms with E-state index in [1.54, 1.807) is 5.56 Å². The normalized spacial score (nSPS) is 11.7. The van der Waals surface area contributed by atoms with E-state index in [2.05, 4.69) is 35.9 Å². The van der Waals surface area contributed by atoms with E-state index in [1.165, 1.54) is 65.1 Å². The molecule has 0 aliphatic rings. The first-order valence-electron chi connectivity index (χ1n) is 7.76. The van der Waals surface area contributed by atoms with Gasteiger partial charge in [0.05, 0.1) is 0 Å². The van der Waals surface area contributed by atoms with Crippen molar-refractivity contribution in [3.8, 4) is 0 Å². The van der Waals surface area contributed by atoms with Crippen molar-refractivity contribution >= 4 is 42.8 Å². The van der Waals surface area contributed by atoms with Crippen LogP contribution in [0.2, 0.25) is 0 Å². The van der Waals surface area contributed by atoms with Crippen LogP contribution in [0, 0.1) is 0 Å². The number of unbranched alkanes of at least 4 members (excludes halogenated alkanes) is 5. The number of aryl methyl sites for hydroxylation is 1. The van der Waals surface area contributed by atoms with E-state index >= 15 is 0 Å². The molecule has 0 fully saturated rings. The fourth-order valence-corrected chi connectivity index (χ4v) is 4.79. The van der Waals surface area contributed by atoms with E-state index < -0.39 is 0 Å². The summed E-state index contributed by atoms with van der Waals surface area (Å²) in [5, 5.41) is 7.40. The molecule has 0 amide bonds. The lowest BCUT2D eigenvalue weighted by atomic mass is 10.0. The largest absolute Gasteiger partial charge is 0.144 e. The molecule has 0 N–H and O–H groups in total. The Balaban J connectivity index is 1.74. The SMILES string of the molecule is CCCCCCCCc1c2ccsc2cc2ccsc12. The molecule has 0 nitrogen and oxygen atoms in total. The highest BCUT2D eigenvalue weighted by atomic mass is 32.1. The fourth-order valence-electron chi connectivity index (χ4n) is 2.95. The number of benzene rings is 1. The van der Waals surface area contributed by atoms with Crippen LogP contribution >= 0.6 is 22.7 Å². The van der Waals surface area contributed by atoms with Crippen molar-refractivity contribution in [2.45, 2.75) is 51.9 Å². The average molecular weight is 303 g/mol. The van der Waals surface area contributed by atoms with E-state index in [-0.39, 0.29) is 0 Å². The summed E-state index contributed by atoms with van der Waals surface area (Å²) < 4.78 is 2.97. The van der Waals surface area contributed by atoms with Crippen LogP contribution in [0.1, 0.15) is 51.0 Å². The molecule has 0 radical (unpaired) electrons. The summed E-state index contributed by atoms with van der Waals surface area (Å²) in [5.74, 6) is 0. The number of fused-ring (bicyclic) bond motifs is 2. The zero-order chi connectivity index (χ0) is 13.8. The number of hydrogen-bond donors (Lipinski definition) is 0. The molecular formula is C18H22S2. The Morgan fingerprint density at radius 1 is 0.900 bits per heavy atom. The number of thiophene rings is 2. The number of rotatable bonds is 7. The zero-order valence-electron chi connectivity index (χ0n) is 12.2. The Bertz CT molecular complexity index is 626. The minimum atomic E-state index is 1.25.